The predicted octanol–water partition coefficient (Wildman–Crippen LogP) is 4.60. The molecule has 3 rings (SSSR count). The van der Waals surface area contributed by atoms with Crippen LogP contribution >= 0.6 is 0 Å². The van der Waals surface area contributed by atoms with Crippen molar-refractivity contribution in [1.82, 2.24) is 0 Å². The van der Waals surface area contributed by atoms with Crippen LogP contribution in [-0.2, 0) is 0 Å². The van der Waals surface area contributed by atoms with Gasteiger partial charge in [0.05, 0.1) is 0 Å². The molecule has 2 aromatic rings. The van der Waals surface area contributed by atoms with Crippen molar-refractivity contribution < 1.29 is 4.79 Å². The molecule has 92 valence electrons. The summed E-state index contributed by atoms with van der Waals surface area (Å²) in [6.45, 7) is 0. The Morgan fingerprint density at radius 2 is 1.72 bits per heavy atom. The standard InChI is InChI=1S/C17H18O/c18-17(12-13-6-1-2-7-13)16-11-5-9-14-8-3-4-10-15(14)16/h3-5,8-11,13H,1-2,6-7,12H2. The Hall–Kier alpha value is -1.63. The maximum absolute atomic E-state index is 12.4. The molecule has 0 atom stereocenters. The molecule has 0 bridgehead atoms. The number of hydrogen-bond acceptors (Lipinski definition) is 1. The first-order chi connectivity index (χ1) is 8.84. The summed E-state index contributed by atoms with van der Waals surface area (Å²) in [5.41, 5.74) is 0.903. The van der Waals surface area contributed by atoms with Crippen LogP contribution in [0.3, 0.4) is 0 Å². The zero-order valence-corrected chi connectivity index (χ0v) is 10.6. The van der Waals surface area contributed by atoms with Crippen molar-refractivity contribution in [2.75, 3.05) is 0 Å². The fraction of sp³-hybridized carbons (Fsp3) is 0.353. The van der Waals surface area contributed by atoms with Gasteiger partial charge in [-0.1, -0.05) is 68.1 Å². The molecule has 0 amide bonds. The summed E-state index contributed by atoms with van der Waals surface area (Å²) < 4.78 is 0. The minimum atomic E-state index is 0.318. The maximum Gasteiger partial charge on any atom is 0.163 e. The molecule has 0 aromatic heterocycles. The molecular formula is C17H18O. The van der Waals surface area contributed by atoms with Crippen molar-refractivity contribution in [3.63, 3.8) is 0 Å². The van der Waals surface area contributed by atoms with Crippen LogP contribution < -0.4 is 0 Å². The van der Waals surface area contributed by atoms with Gasteiger partial charge in [0, 0.05) is 12.0 Å². The van der Waals surface area contributed by atoms with E-state index in [1.807, 2.05) is 24.3 Å². The fourth-order valence-corrected chi connectivity index (χ4v) is 3.06. The van der Waals surface area contributed by atoms with E-state index in [1.165, 1.54) is 25.7 Å². The predicted molar refractivity (Wildman–Crippen MR) is 74.9 cm³/mol. The highest BCUT2D eigenvalue weighted by Crippen LogP contribution is 2.30. The first-order valence-corrected chi connectivity index (χ1v) is 6.85. The highest BCUT2D eigenvalue weighted by Gasteiger charge is 2.20. The van der Waals surface area contributed by atoms with E-state index in [0.717, 1.165) is 22.8 Å². The van der Waals surface area contributed by atoms with Crippen molar-refractivity contribution in [3.05, 3.63) is 48.0 Å². The molecule has 1 aliphatic rings. The molecule has 1 fully saturated rings. The van der Waals surface area contributed by atoms with Crippen LogP contribution in [0.15, 0.2) is 42.5 Å². The van der Waals surface area contributed by atoms with Crippen LogP contribution in [0.25, 0.3) is 10.8 Å². The summed E-state index contributed by atoms with van der Waals surface area (Å²) in [5, 5.41) is 2.26. The second kappa shape index (κ2) is 4.93. The average Bonchev–Trinajstić information content (AvgIpc) is 2.91. The number of fused-ring (bicyclic) bond motifs is 1. The molecular weight excluding hydrogens is 220 g/mol. The molecule has 0 radical (unpaired) electrons. The number of carbonyl (C=O) groups is 1. The third kappa shape index (κ3) is 2.17. The van der Waals surface area contributed by atoms with Crippen LogP contribution in [0.1, 0.15) is 42.5 Å². The lowest BCUT2D eigenvalue weighted by Crippen LogP contribution is -2.06. The minimum absolute atomic E-state index is 0.318. The summed E-state index contributed by atoms with van der Waals surface area (Å²) in [7, 11) is 0. The monoisotopic (exact) mass is 238 g/mol. The van der Waals surface area contributed by atoms with Crippen LogP contribution in [0.5, 0.6) is 0 Å². The van der Waals surface area contributed by atoms with Gasteiger partial charge in [-0.25, -0.2) is 0 Å². The normalized spacial score (nSPS) is 16.2. The molecule has 0 heterocycles. The molecule has 1 heteroatoms. The Bertz CT molecular complexity index is 559. The third-order valence-electron chi connectivity index (χ3n) is 4.04. The Balaban J connectivity index is 1.91. The Labute approximate surface area is 108 Å². The number of ketones is 1. The Morgan fingerprint density at radius 3 is 2.56 bits per heavy atom. The van der Waals surface area contributed by atoms with E-state index in [-0.39, 0.29) is 0 Å². The van der Waals surface area contributed by atoms with E-state index in [4.69, 9.17) is 0 Å². The Morgan fingerprint density at radius 1 is 1.00 bits per heavy atom. The number of rotatable bonds is 3. The summed E-state index contributed by atoms with van der Waals surface area (Å²) in [6, 6.07) is 14.2. The third-order valence-corrected chi connectivity index (χ3v) is 4.04. The summed E-state index contributed by atoms with van der Waals surface area (Å²) in [6.07, 6.45) is 5.79. The molecule has 0 saturated heterocycles. The molecule has 0 aliphatic heterocycles. The molecule has 1 aliphatic carbocycles. The van der Waals surface area contributed by atoms with E-state index in [1.54, 1.807) is 0 Å². The van der Waals surface area contributed by atoms with E-state index in [0.29, 0.717) is 11.7 Å². The number of carbonyl (C=O) groups excluding carboxylic acids is 1. The highest BCUT2D eigenvalue weighted by molar-refractivity contribution is 6.08. The molecule has 0 spiro atoms. The number of benzene rings is 2. The van der Waals surface area contributed by atoms with Crippen LogP contribution in [0.4, 0.5) is 0 Å². The highest BCUT2D eigenvalue weighted by atomic mass is 16.1. The van der Waals surface area contributed by atoms with Crippen LogP contribution in [0.2, 0.25) is 0 Å². The molecule has 2 aromatic carbocycles. The zero-order chi connectivity index (χ0) is 12.4. The minimum Gasteiger partial charge on any atom is -0.294 e. The average molecular weight is 238 g/mol. The fourth-order valence-electron chi connectivity index (χ4n) is 3.06. The van der Waals surface area contributed by atoms with Gasteiger partial charge in [0.25, 0.3) is 0 Å². The first-order valence-electron chi connectivity index (χ1n) is 6.85. The number of hydrogen-bond donors (Lipinski definition) is 0. The second-order valence-corrected chi connectivity index (χ2v) is 5.30. The summed E-state index contributed by atoms with van der Waals surface area (Å²) in [5.74, 6) is 0.940. The summed E-state index contributed by atoms with van der Waals surface area (Å²) in [4.78, 5) is 12.4. The lowest BCUT2D eigenvalue weighted by Gasteiger charge is -2.09. The molecule has 0 N–H and O–H groups in total. The van der Waals surface area contributed by atoms with Crippen molar-refractivity contribution in [1.29, 1.82) is 0 Å². The molecule has 18 heavy (non-hydrogen) atoms. The van der Waals surface area contributed by atoms with Gasteiger partial charge in [-0.05, 0) is 16.7 Å². The van der Waals surface area contributed by atoms with Gasteiger partial charge in [0.15, 0.2) is 5.78 Å². The lowest BCUT2D eigenvalue weighted by atomic mass is 9.94. The Kier molecular flexibility index (Phi) is 3.14. The molecule has 1 saturated carbocycles. The smallest absolute Gasteiger partial charge is 0.163 e. The van der Waals surface area contributed by atoms with Gasteiger partial charge in [0.1, 0.15) is 0 Å². The van der Waals surface area contributed by atoms with Gasteiger partial charge < -0.3 is 0 Å². The van der Waals surface area contributed by atoms with E-state index >= 15 is 0 Å². The topological polar surface area (TPSA) is 17.1 Å². The van der Waals surface area contributed by atoms with Gasteiger partial charge in [0.2, 0.25) is 0 Å². The van der Waals surface area contributed by atoms with Crippen LogP contribution in [-0.4, -0.2) is 5.78 Å². The van der Waals surface area contributed by atoms with E-state index in [2.05, 4.69) is 18.2 Å². The SMILES string of the molecule is O=C(CC1CCCC1)c1cccc2ccccc12. The van der Waals surface area contributed by atoms with Crippen molar-refractivity contribution >= 4 is 16.6 Å². The van der Waals surface area contributed by atoms with Gasteiger partial charge in [-0.15, -0.1) is 0 Å². The summed E-state index contributed by atoms with van der Waals surface area (Å²) >= 11 is 0. The van der Waals surface area contributed by atoms with E-state index < -0.39 is 0 Å². The van der Waals surface area contributed by atoms with Crippen LogP contribution in [0, 0.1) is 5.92 Å². The molecule has 0 unspecified atom stereocenters. The quantitative estimate of drug-likeness (QED) is 0.714. The van der Waals surface area contributed by atoms with Gasteiger partial charge in [-0.2, -0.15) is 0 Å². The first kappa shape index (κ1) is 11.5. The second-order valence-electron chi connectivity index (χ2n) is 5.30. The molecule has 1 nitrogen and oxygen atoms in total. The largest absolute Gasteiger partial charge is 0.294 e. The number of Topliss-reactive ketones (excluding diaryl/α,β-unsaturated/α-hetero) is 1. The maximum atomic E-state index is 12.4. The van der Waals surface area contributed by atoms with Crippen molar-refractivity contribution in [2.24, 2.45) is 5.92 Å². The van der Waals surface area contributed by atoms with E-state index in [9.17, 15) is 4.79 Å². The van der Waals surface area contributed by atoms with Gasteiger partial charge >= 0.3 is 0 Å². The zero-order valence-electron chi connectivity index (χ0n) is 10.6. The van der Waals surface area contributed by atoms with Gasteiger partial charge in [-0.3, -0.25) is 4.79 Å². The lowest BCUT2D eigenvalue weighted by molar-refractivity contribution is 0.0964. The van der Waals surface area contributed by atoms with Crippen molar-refractivity contribution in [3.8, 4) is 0 Å². The van der Waals surface area contributed by atoms with Crippen molar-refractivity contribution in [2.45, 2.75) is 32.1 Å².